The number of morpholine rings is 2. The molecule has 4 aliphatic heterocycles. The van der Waals surface area contributed by atoms with E-state index in [4.69, 9.17) is 34.2 Å². The summed E-state index contributed by atoms with van der Waals surface area (Å²) in [6.45, 7) is 12.8. The van der Waals surface area contributed by atoms with Crippen LogP contribution in [0.1, 0.15) is 60.0 Å². The number of alkyl halides is 2. The number of nitrogens with two attached hydrogens (primary N) is 1. The Kier molecular flexibility index (Phi) is 15.0. The number of amides is 1. The van der Waals surface area contributed by atoms with Crippen molar-refractivity contribution >= 4 is 28.7 Å². The standard InChI is InChI=1S/C27H30F2N6O4.C19H25N5O3/c1-17-21(14-19(16-31-17)32-25(36)18-3-6-30-24(13-18)27(2,28)29)22-15-23(35-7-11-38-12-8-35)26(34-33-22)39-20-4-9-37-10-5-20;1-13-16(10-14(20)12-21-13)17-11-18(24-4-8-26-9-5-24)19(23-22-17)27-15-2-6-25-7-3-15/h3,6,13-16,20H,4-5,7-12H2,1-2H3,(H,32,36);10-12,15H,2-9,20H2,1H3. The maximum absolute atomic E-state index is 13.7. The first kappa shape index (κ1) is 46.3. The average Bonchev–Trinajstić information content (AvgIpc) is 3.34. The predicted molar refractivity (Wildman–Crippen MR) is 241 cm³/mol. The first-order valence-corrected chi connectivity index (χ1v) is 22.2. The van der Waals surface area contributed by atoms with Gasteiger partial charge in [0.05, 0.1) is 88.0 Å². The smallest absolute Gasteiger partial charge is 0.286 e. The number of nitrogens with one attached hydrogen (secondary N) is 1. The largest absolute Gasteiger partial charge is 0.472 e. The summed E-state index contributed by atoms with van der Waals surface area (Å²) in [4.78, 5) is 29.7. The summed E-state index contributed by atoms with van der Waals surface area (Å²) in [7, 11) is 0. The molecular weight excluding hydrogens is 857 g/mol. The number of aryl methyl sites for hydroxylation is 2. The summed E-state index contributed by atoms with van der Waals surface area (Å²) < 4.78 is 61.7. The van der Waals surface area contributed by atoms with Crippen LogP contribution in [0.3, 0.4) is 0 Å². The van der Waals surface area contributed by atoms with Crippen molar-refractivity contribution in [3.8, 4) is 34.3 Å². The zero-order valence-corrected chi connectivity index (χ0v) is 37.4. The highest BCUT2D eigenvalue weighted by Gasteiger charge is 2.28. The van der Waals surface area contributed by atoms with Gasteiger partial charge in [-0.1, -0.05) is 0 Å². The van der Waals surface area contributed by atoms with E-state index < -0.39 is 17.5 Å². The van der Waals surface area contributed by atoms with Crippen LogP contribution in [0.5, 0.6) is 11.8 Å². The van der Waals surface area contributed by atoms with Crippen molar-refractivity contribution in [2.45, 2.75) is 64.6 Å². The van der Waals surface area contributed by atoms with Crippen LogP contribution >= 0.6 is 0 Å². The number of ether oxygens (including phenoxy) is 6. The highest BCUT2D eigenvalue weighted by Crippen LogP contribution is 2.35. The van der Waals surface area contributed by atoms with Gasteiger partial charge in [0.2, 0.25) is 0 Å². The Morgan fingerprint density at radius 2 is 1.17 bits per heavy atom. The van der Waals surface area contributed by atoms with Crippen molar-refractivity contribution < 1.29 is 42.0 Å². The quantitative estimate of drug-likeness (QED) is 0.160. The van der Waals surface area contributed by atoms with Gasteiger partial charge >= 0.3 is 0 Å². The molecule has 1 amide bonds. The second-order valence-corrected chi connectivity index (χ2v) is 16.4. The molecule has 18 nitrogen and oxygen atoms in total. The zero-order valence-electron chi connectivity index (χ0n) is 37.4. The van der Waals surface area contributed by atoms with Crippen LogP contribution in [0.2, 0.25) is 0 Å². The highest BCUT2D eigenvalue weighted by atomic mass is 19.3. The molecule has 0 bridgehead atoms. The van der Waals surface area contributed by atoms with E-state index in [-0.39, 0.29) is 17.8 Å². The van der Waals surface area contributed by atoms with Crippen molar-refractivity contribution in [3.05, 3.63) is 77.6 Å². The molecular formula is C46H55F2N11O7. The number of aromatic nitrogens is 7. The van der Waals surface area contributed by atoms with Gasteiger partial charge in [-0.15, -0.1) is 20.4 Å². The van der Waals surface area contributed by atoms with Crippen LogP contribution in [-0.2, 0) is 24.9 Å². The molecule has 0 unspecified atom stereocenters. The second kappa shape index (κ2) is 21.4. The van der Waals surface area contributed by atoms with Gasteiger partial charge in [-0.05, 0) is 50.2 Å². The molecule has 3 N–H and O–H groups in total. The van der Waals surface area contributed by atoms with Gasteiger partial charge in [-0.25, -0.2) is 0 Å². The van der Waals surface area contributed by atoms with Crippen LogP contribution < -0.4 is 30.3 Å². The van der Waals surface area contributed by atoms with Gasteiger partial charge in [0.15, 0.2) is 0 Å². The van der Waals surface area contributed by atoms with Crippen LogP contribution in [0.15, 0.2) is 55.0 Å². The first-order valence-electron chi connectivity index (χ1n) is 22.2. The lowest BCUT2D eigenvalue weighted by atomic mass is 10.1. The third-order valence-corrected chi connectivity index (χ3v) is 11.6. The third kappa shape index (κ3) is 11.8. The van der Waals surface area contributed by atoms with E-state index in [1.54, 1.807) is 12.3 Å². The molecule has 0 aliphatic carbocycles. The molecule has 0 radical (unpaired) electrons. The maximum atomic E-state index is 13.7. The van der Waals surface area contributed by atoms with E-state index in [1.165, 1.54) is 18.5 Å². The SMILES string of the molecule is Cc1ncc(N)cc1-c1cc(N2CCOCC2)c(OC2CCOCC2)nn1.Cc1ncc(NC(=O)c2ccnc(C(C)(F)F)c2)cc1-c1cc(N2CCOCC2)c(OC2CCOCC2)nn1. The van der Waals surface area contributed by atoms with Crippen molar-refractivity contribution in [1.82, 2.24) is 35.3 Å². The molecule has 0 aromatic carbocycles. The van der Waals surface area contributed by atoms with Crippen molar-refractivity contribution in [2.75, 3.05) is 99.9 Å². The van der Waals surface area contributed by atoms with Crippen LogP contribution in [0.4, 0.5) is 31.5 Å². The third-order valence-electron chi connectivity index (χ3n) is 11.6. The Hall–Kier alpha value is -6.22. The first-order chi connectivity index (χ1) is 32.0. The van der Waals surface area contributed by atoms with Crippen LogP contribution in [-0.4, -0.2) is 132 Å². The summed E-state index contributed by atoms with van der Waals surface area (Å²) >= 11 is 0. The number of halogens is 2. The minimum atomic E-state index is -3.16. The van der Waals surface area contributed by atoms with Crippen molar-refractivity contribution in [1.29, 1.82) is 0 Å². The molecule has 4 saturated heterocycles. The summed E-state index contributed by atoms with van der Waals surface area (Å²) in [5.74, 6) is -2.68. The number of nitrogen functional groups attached to an aromatic ring is 1. The molecule has 4 aliphatic rings. The molecule has 9 rings (SSSR count). The number of hydrogen-bond acceptors (Lipinski definition) is 17. The molecule has 0 saturated carbocycles. The molecule has 350 valence electrons. The van der Waals surface area contributed by atoms with E-state index >= 15 is 0 Å². The fourth-order valence-corrected chi connectivity index (χ4v) is 7.82. The number of carbonyl (C=O) groups excluding carboxylic acids is 1. The van der Waals surface area contributed by atoms with Gasteiger partial charge in [0, 0.05) is 93.1 Å². The molecule has 9 heterocycles. The molecule has 0 spiro atoms. The molecule has 20 heteroatoms. The fourth-order valence-electron chi connectivity index (χ4n) is 7.82. The zero-order chi connectivity index (χ0) is 46.0. The highest BCUT2D eigenvalue weighted by molar-refractivity contribution is 6.04. The lowest BCUT2D eigenvalue weighted by Gasteiger charge is -2.31. The summed E-state index contributed by atoms with van der Waals surface area (Å²) in [6, 6.07) is 10.0. The number of pyridine rings is 3. The van der Waals surface area contributed by atoms with E-state index in [9.17, 15) is 13.6 Å². The van der Waals surface area contributed by atoms with Crippen LogP contribution in [0, 0.1) is 13.8 Å². The lowest BCUT2D eigenvalue weighted by molar-refractivity contribution is 0.0127. The van der Waals surface area contributed by atoms with E-state index in [2.05, 4.69) is 50.5 Å². The number of anilines is 4. The number of rotatable bonds is 11. The summed E-state index contributed by atoms with van der Waals surface area (Å²) in [6.07, 6.45) is 7.75. The maximum Gasteiger partial charge on any atom is 0.286 e. The number of hydrogen-bond donors (Lipinski definition) is 2. The van der Waals surface area contributed by atoms with Gasteiger partial charge in [-0.2, -0.15) is 8.78 Å². The normalized spacial score (nSPS) is 17.4. The molecule has 66 heavy (non-hydrogen) atoms. The molecule has 5 aromatic rings. The Labute approximate surface area is 381 Å². The average molecular weight is 912 g/mol. The van der Waals surface area contributed by atoms with Crippen LogP contribution in [0.25, 0.3) is 22.5 Å². The van der Waals surface area contributed by atoms with Crippen molar-refractivity contribution in [3.63, 3.8) is 0 Å². The predicted octanol–water partition coefficient (Wildman–Crippen LogP) is 5.82. The Balaban J connectivity index is 0.000000192. The van der Waals surface area contributed by atoms with Gasteiger partial charge < -0.3 is 49.3 Å². The van der Waals surface area contributed by atoms with E-state index in [0.717, 1.165) is 93.3 Å². The Bertz CT molecular complexity index is 2440. The Morgan fingerprint density at radius 1 is 0.682 bits per heavy atom. The summed E-state index contributed by atoms with van der Waals surface area (Å²) in [5, 5.41) is 20.5. The monoisotopic (exact) mass is 911 g/mol. The summed E-state index contributed by atoms with van der Waals surface area (Å²) in [5.41, 5.74) is 12.7. The molecule has 0 atom stereocenters. The molecule has 5 aromatic heterocycles. The molecule has 4 fully saturated rings. The van der Waals surface area contributed by atoms with Gasteiger partial charge in [0.1, 0.15) is 29.3 Å². The number of nitrogens with zero attached hydrogens (tertiary/aromatic N) is 9. The minimum Gasteiger partial charge on any atom is -0.472 e. The van der Waals surface area contributed by atoms with Gasteiger partial charge in [0.25, 0.3) is 23.6 Å². The van der Waals surface area contributed by atoms with Gasteiger partial charge in [-0.3, -0.25) is 19.7 Å². The van der Waals surface area contributed by atoms with Crippen molar-refractivity contribution in [2.24, 2.45) is 0 Å². The fraction of sp³-hybridized carbons (Fsp3) is 0.478. The topological polar surface area (TPSA) is 207 Å². The van der Waals surface area contributed by atoms with E-state index in [1.807, 2.05) is 32.0 Å². The second-order valence-electron chi connectivity index (χ2n) is 16.4. The lowest BCUT2D eigenvalue weighted by Crippen LogP contribution is -2.37. The number of carbonyl (C=O) groups is 1. The Morgan fingerprint density at radius 3 is 1.68 bits per heavy atom. The minimum absolute atomic E-state index is 0.00185. The van der Waals surface area contributed by atoms with E-state index in [0.29, 0.717) is 92.8 Å².